The van der Waals surface area contributed by atoms with Gasteiger partial charge in [0.1, 0.15) is 11.9 Å². The summed E-state index contributed by atoms with van der Waals surface area (Å²) in [5.74, 6) is 1.95. The number of nitrogens with zero attached hydrogens (tertiary/aromatic N) is 2. The maximum Gasteiger partial charge on any atom is 0.193 e. The second kappa shape index (κ2) is 8.20. The molecule has 0 bridgehead atoms. The Morgan fingerprint density at radius 3 is 2.58 bits per heavy atom. The summed E-state index contributed by atoms with van der Waals surface area (Å²) in [5.41, 5.74) is 0. The summed E-state index contributed by atoms with van der Waals surface area (Å²) in [6.45, 7) is 4.92. The Labute approximate surface area is 148 Å². The first kappa shape index (κ1) is 16.8. The van der Waals surface area contributed by atoms with Crippen LogP contribution in [-0.2, 0) is 6.54 Å². The molecule has 0 aliphatic carbocycles. The van der Waals surface area contributed by atoms with Crippen molar-refractivity contribution >= 4 is 17.3 Å². The van der Waals surface area contributed by atoms with Gasteiger partial charge in [-0.2, -0.15) is 0 Å². The van der Waals surface area contributed by atoms with Gasteiger partial charge in [0.2, 0.25) is 0 Å². The van der Waals surface area contributed by atoms with E-state index in [1.807, 2.05) is 48.7 Å². The molecule has 4 nitrogen and oxygen atoms in total. The number of benzene rings is 1. The molecule has 1 aromatic heterocycles. The Hall–Kier alpha value is -2.01. The lowest BCUT2D eigenvalue weighted by Crippen LogP contribution is -2.47. The first-order valence-corrected chi connectivity index (χ1v) is 9.29. The minimum Gasteiger partial charge on any atom is -0.490 e. The summed E-state index contributed by atoms with van der Waals surface area (Å²) in [7, 11) is 1.86. The normalized spacial score (nSPS) is 16.2. The minimum absolute atomic E-state index is 0.293. The van der Waals surface area contributed by atoms with Crippen LogP contribution in [0.25, 0.3) is 0 Å². The number of para-hydroxylation sites is 1. The van der Waals surface area contributed by atoms with E-state index in [9.17, 15) is 0 Å². The van der Waals surface area contributed by atoms with Crippen molar-refractivity contribution in [3.8, 4) is 5.75 Å². The average molecular weight is 343 g/mol. The third kappa shape index (κ3) is 4.51. The van der Waals surface area contributed by atoms with Crippen LogP contribution in [0.4, 0.5) is 0 Å². The second-order valence-electron chi connectivity index (χ2n) is 6.03. The topological polar surface area (TPSA) is 36.9 Å². The van der Waals surface area contributed by atoms with Gasteiger partial charge >= 0.3 is 0 Å². The number of aryl methyl sites for hydroxylation is 1. The van der Waals surface area contributed by atoms with Crippen molar-refractivity contribution in [1.29, 1.82) is 0 Å². The number of ether oxygens (including phenoxy) is 1. The number of hydrogen-bond acceptors (Lipinski definition) is 3. The molecule has 128 valence electrons. The summed E-state index contributed by atoms with van der Waals surface area (Å²) in [6, 6.07) is 14.4. The van der Waals surface area contributed by atoms with Crippen LogP contribution < -0.4 is 10.1 Å². The van der Waals surface area contributed by atoms with E-state index in [4.69, 9.17) is 4.74 Å². The first-order chi connectivity index (χ1) is 11.7. The lowest BCUT2D eigenvalue weighted by Gasteiger charge is -2.34. The number of rotatable bonds is 4. The Morgan fingerprint density at radius 1 is 1.21 bits per heavy atom. The molecular weight excluding hydrogens is 318 g/mol. The number of nitrogens with one attached hydrogen (secondary N) is 1. The van der Waals surface area contributed by atoms with Gasteiger partial charge < -0.3 is 15.0 Å². The van der Waals surface area contributed by atoms with E-state index in [-0.39, 0.29) is 0 Å². The number of piperidine rings is 1. The summed E-state index contributed by atoms with van der Waals surface area (Å²) < 4.78 is 6.06. The molecule has 2 heterocycles. The molecule has 3 rings (SSSR count). The predicted molar refractivity (Wildman–Crippen MR) is 101 cm³/mol. The summed E-state index contributed by atoms with van der Waals surface area (Å²) in [5, 5.41) is 3.48. The van der Waals surface area contributed by atoms with Crippen molar-refractivity contribution in [2.75, 3.05) is 20.1 Å². The van der Waals surface area contributed by atoms with E-state index in [1.54, 1.807) is 0 Å². The fourth-order valence-electron chi connectivity index (χ4n) is 2.96. The molecule has 2 aromatic rings. The van der Waals surface area contributed by atoms with Crippen molar-refractivity contribution in [3.63, 3.8) is 0 Å². The van der Waals surface area contributed by atoms with Crippen LogP contribution in [-0.4, -0.2) is 37.1 Å². The Morgan fingerprint density at radius 2 is 1.96 bits per heavy atom. The first-order valence-electron chi connectivity index (χ1n) is 8.47. The fourth-order valence-corrected chi connectivity index (χ4v) is 3.79. The van der Waals surface area contributed by atoms with Gasteiger partial charge in [0, 0.05) is 42.7 Å². The number of likely N-dealkylation sites (tertiary alicyclic amines) is 1. The Kier molecular flexibility index (Phi) is 5.75. The van der Waals surface area contributed by atoms with E-state index in [2.05, 4.69) is 34.3 Å². The van der Waals surface area contributed by atoms with Gasteiger partial charge in [-0.25, -0.2) is 0 Å². The van der Waals surface area contributed by atoms with Crippen molar-refractivity contribution in [2.45, 2.75) is 32.4 Å². The van der Waals surface area contributed by atoms with E-state index < -0.39 is 0 Å². The van der Waals surface area contributed by atoms with Crippen molar-refractivity contribution in [2.24, 2.45) is 4.99 Å². The van der Waals surface area contributed by atoms with E-state index >= 15 is 0 Å². The van der Waals surface area contributed by atoms with Crippen LogP contribution in [0.15, 0.2) is 47.5 Å². The molecular formula is C19H25N3OS. The smallest absolute Gasteiger partial charge is 0.193 e. The highest BCUT2D eigenvalue weighted by Crippen LogP contribution is 2.19. The van der Waals surface area contributed by atoms with E-state index in [0.29, 0.717) is 6.10 Å². The number of thiophene rings is 1. The number of aliphatic imine (C=N–C) groups is 1. The van der Waals surface area contributed by atoms with Gasteiger partial charge in [0.05, 0.1) is 6.54 Å². The molecule has 0 unspecified atom stereocenters. The highest BCUT2D eigenvalue weighted by molar-refractivity contribution is 7.11. The van der Waals surface area contributed by atoms with Crippen LogP contribution in [0.1, 0.15) is 22.6 Å². The molecule has 1 saturated heterocycles. The molecule has 1 aliphatic rings. The molecule has 1 fully saturated rings. The zero-order valence-electron chi connectivity index (χ0n) is 14.4. The minimum atomic E-state index is 0.293. The zero-order valence-corrected chi connectivity index (χ0v) is 15.2. The molecule has 0 radical (unpaired) electrons. The monoisotopic (exact) mass is 343 g/mol. The van der Waals surface area contributed by atoms with Crippen molar-refractivity contribution < 1.29 is 4.74 Å². The average Bonchev–Trinajstić information content (AvgIpc) is 3.03. The molecule has 1 aliphatic heterocycles. The number of guanidine groups is 1. The molecule has 5 heteroatoms. The van der Waals surface area contributed by atoms with Gasteiger partial charge in [0.15, 0.2) is 5.96 Å². The van der Waals surface area contributed by atoms with Gasteiger partial charge in [-0.05, 0) is 31.2 Å². The van der Waals surface area contributed by atoms with Crippen LogP contribution in [0.3, 0.4) is 0 Å². The van der Waals surface area contributed by atoms with Gasteiger partial charge in [-0.15, -0.1) is 11.3 Å². The predicted octanol–water partition coefficient (Wildman–Crippen LogP) is 3.68. The van der Waals surface area contributed by atoms with Crippen LogP contribution >= 0.6 is 11.3 Å². The van der Waals surface area contributed by atoms with Gasteiger partial charge in [-0.1, -0.05) is 18.2 Å². The lowest BCUT2D eigenvalue weighted by molar-refractivity contribution is 0.129. The quantitative estimate of drug-likeness (QED) is 0.680. The highest BCUT2D eigenvalue weighted by atomic mass is 32.1. The lowest BCUT2D eigenvalue weighted by atomic mass is 10.1. The van der Waals surface area contributed by atoms with Crippen molar-refractivity contribution in [3.05, 3.63) is 52.2 Å². The summed E-state index contributed by atoms with van der Waals surface area (Å²) >= 11 is 1.83. The maximum atomic E-state index is 6.06. The van der Waals surface area contributed by atoms with Crippen molar-refractivity contribution in [1.82, 2.24) is 10.2 Å². The third-order valence-electron chi connectivity index (χ3n) is 4.22. The Bertz CT molecular complexity index is 660. The molecule has 1 N–H and O–H groups in total. The summed E-state index contributed by atoms with van der Waals surface area (Å²) in [4.78, 5) is 9.45. The third-order valence-corrected chi connectivity index (χ3v) is 5.22. The fraction of sp³-hybridized carbons (Fsp3) is 0.421. The van der Waals surface area contributed by atoms with E-state index in [0.717, 1.165) is 44.2 Å². The molecule has 24 heavy (non-hydrogen) atoms. The van der Waals surface area contributed by atoms with Gasteiger partial charge in [0.25, 0.3) is 0 Å². The standard InChI is InChI=1S/C19H25N3OS/c1-15-8-9-18(24-15)14-21-19(20-2)22-12-10-17(11-13-22)23-16-6-4-3-5-7-16/h3-9,17H,10-14H2,1-2H3,(H,20,21). The van der Waals surface area contributed by atoms with Crippen LogP contribution in [0.2, 0.25) is 0 Å². The second-order valence-corrected chi connectivity index (χ2v) is 7.40. The highest BCUT2D eigenvalue weighted by Gasteiger charge is 2.22. The number of hydrogen-bond donors (Lipinski definition) is 1. The Balaban J connectivity index is 1.47. The molecule has 1 aromatic carbocycles. The van der Waals surface area contributed by atoms with Crippen LogP contribution in [0, 0.1) is 6.92 Å². The van der Waals surface area contributed by atoms with Crippen LogP contribution in [0.5, 0.6) is 5.75 Å². The SMILES string of the molecule is CN=C(NCc1ccc(C)s1)N1CCC(Oc2ccccc2)CC1. The zero-order chi connectivity index (χ0) is 16.8. The summed E-state index contributed by atoms with van der Waals surface area (Å²) in [6.07, 6.45) is 2.34. The molecule has 0 atom stereocenters. The van der Waals surface area contributed by atoms with Gasteiger partial charge in [-0.3, -0.25) is 4.99 Å². The van der Waals surface area contributed by atoms with E-state index in [1.165, 1.54) is 9.75 Å². The maximum absolute atomic E-state index is 6.06. The molecule has 0 amide bonds. The molecule has 0 spiro atoms. The largest absolute Gasteiger partial charge is 0.490 e. The molecule has 0 saturated carbocycles.